The monoisotopic (exact) mass is 225 g/mol. The summed E-state index contributed by atoms with van der Waals surface area (Å²) in [6.45, 7) is 2.18. The Kier molecular flexibility index (Phi) is 4.98. The van der Waals surface area contributed by atoms with Crippen molar-refractivity contribution in [3.8, 4) is 0 Å². The van der Waals surface area contributed by atoms with Crippen LogP contribution in [0.15, 0.2) is 16.9 Å². The van der Waals surface area contributed by atoms with Gasteiger partial charge in [-0.2, -0.15) is 5.10 Å². The zero-order chi connectivity index (χ0) is 12.0. The Hall–Kier alpha value is -1.36. The summed E-state index contributed by atoms with van der Waals surface area (Å²) in [5.41, 5.74) is 6.90. The summed E-state index contributed by atoms with van der Waals surface area (Å²) < 4.78 is 5.61. The number of carbonyl (C=O) groups excluding carboxylic acids is 1. The van der Waals surface area contributed by atoms with E-state index in [-0.39, 0.29) is 0 Å². The molecule has 16 heavy (non-hydrogen) atoms. The summed E-state index contributed by atoms with van der Waals surface area (Å²) in [6, 6.07) is 0. The fraction of sp³-hybridized carbons (Fsp3) is 0.636. The quantitative estimate of drug-likeness (QED) is 0.414. The molecule has 5 heteroatoms. The first kappa shape index (κ1) is 12.7. The van der Waals surface area contributed by atoms with E-state index in [4.69, 9.17) is 10.5 Å². The Morgan fingerprint density at radius 3 is 2.75 bits per heavy atom. The van der Waals surface area contributed by atoms with Gasteiger partial charge >= 0.3 is 0 Å². The van der Waals surface area contributed by atoms with E-state index >= 15 is 0 Å². The fourth-order valence-electron chi connectivity index (χ4n) is 1.33. The second-order valence-corrected chi connectivity index (χ2v) is 4.02. The lowest BCUT2D eigenvalue weighted by molar-refractivity contribution is -0.117. The third-order valence-electron chi connectivity index (χ3n) is 2.35. The van der Waals surface area contributed by atoms with Crippen LogP contribution in [0.4, 0.5) is 0 Å². The van der Waals surface area contributed by atoms with E-state index in [1.165, 1.54) is 11.4 Å². The lowest BCUT2D eigenvalue weighted by atomic mass is 9.96. The number of carbonyl (C=O) groups is 1. The average molecular weight is 225 g/mol. The number of rotatable bonds is 6. The molecular weight excluding hydrogens is 206 g/mol. The molecule has 0 aromatic heterocycles. The maximum atomic E-state index is 10.5. The van der Waals surface area contributed by atoms with Gasteiger partial charge in [0.15, 0.2) is 0 Å². The topological polar surface area (TPSA) is 67.9 Å². The normalized spacial score (nSPS) is 18.1. The van der Waals surface area contributed by atoms with Gasteiger partial charge in [-0.1, -0.05) is 0 Å². The van der Waals surface area contributed by atoms with Gasteiger partial charge in [0.1, 0.15) is 0 Å². The molecule has 0 saturated heterocycles. The molecule has 0 atom stereocenters. The van der Waals surface area contributed by atoms with E-state index in [9.17, 15) is 4.79 Å². The van der Waals surface area contributed by atoms with Crippen LogP contribution in [0.2, 0.25) is 0 Å². The third-order valence-corrected chi connectivity index (χ3v) is 2.35. The molecule has 2 N–H and O–H groups in total. The summed E-state index contributed by atoms with van der Waals surface area (Å²) in [6.07, 6.45) is 6.17. The van der Waals surface area contributed by atoms with Gasteiger partial charge in [0, 0.05) is 12.7 Å². The van der Waals surface area contributed by atoms with E-state index in [0.29, 0.717) is 30.5 Å². The summed E-state index contributed by atoms with van der Waals surface area (Å²) in [5.74, 6) is 0. The van der Waals surface area contributed by atoms with Crippen molar-refractivity contribution in [2.75, 3.05) is 13.7 Å². The minimum absolute atomic E-state index is 0.346. The predicted octanol–water partition coefficient (Wildman–Crippen LogP) is 0.862. The van der Waals surface area contributed by atoms with Crippen LogP contribution in [-0.2, 0) is 9.53 Å². The predicted molar refractivity (Wildman–Crippen MR) is 62.8 cm³/mol. The zero-order valence-corrected chi connectivity index (χ0v) is 9.85. The van der Waals surface area contributed by atoms with Gasteiger partial charge in [0.05, 0.1) is 18.4 Å². The van der Waals surface area contributed by atoms with E-state index in [2.05, 4.69) is 5.10 Å². The first-order valence-corrected chi connectivity index (χ1v) is 5.43. The number of nitrogens with zero attached hydrogens (tertiary/aromatic N) is 2. The number of hydrogen-bond acceptors (Lipinski definition) is 4. The van der Waals surface area contributed by atoms with Gasteiger partial charge in [-0.3, -0.25) is 4.79 Å². The summed E-state index contributed by atoms with van der Waals surface area (Å²) in [7, 11) is 1.58. The second kappa shape index (κ2) is 6.27. The highest BCUT2D eigenvalue weighted by Crippen LogP contribution is 2.21. The number of allylic oxidation sites excluding steroid dienone is 1. The SMILES string of the molecule is C/C(N)=C\C(COC1CCC1)=N/N(C)C=O. The molecule has 1 aliphatic rings. The highest BCUT2D eigenvalue weighted by atomic mass is 16.5. The highest BCUT2D eigenvalue weighted by Gasteiger charge is 2.18. The molecule has 90 valence electrons. The van der Waals surface area contributed by atoms with Gasteiger partial charge < -0.3 is 10.5 Å². The van der Waals surface area contributed by atoms with Crippen molar-refractivity contribution in [2.24, 2.45) is 10.8 Å². The molecule has 1 saturated carbocycles. The Bertz CT molecular complexity index is 292. The lowest BCUT2D eigenvalue weighted by Gasteiger charge is -2.25. The van der Waals surface area contributed by atoms with E-state index in [1.54, 1.807) is 20.0 Å². The zero-order valence-electron chi connectivity index (χ0n) is 9.85. The Balaban J connectivity index is 2.51. The minimum atomic E-state index is 0.346. The van der Waals surface area contributed by atoms with Gasteiger partial charge in [0.2, 0.25) is 6.41 Å². The average Bonchev–Trinajstić information content (AvgIpc) is 2.14. The van der Waals surface area contributed by atoms with Crippen molar-refractivity contribution in [2.45, 2.75) is 32.3 Å². The minimum Gasteiger partial charge on any atom is -0.402 e. The molecule has 0 bridgehead atoms. The molecule has 0 aromatic carbocycles. The number of hydrazone groups is 1. The van der Waals surface area contributed by atoms with Crippen LogP contribution in [-0.4, -0.2) is 36.9 Å². The molecule has 0 radical (unpaired) electrons. The highest BCUT2D eigenvalue weighted by molar-refractivity contribution is 5.96. The van der Waals surface area contributed by atoms with Crippen molar-refractivity contribution in [3.05, 3.63) is 11.8 Å². The van der Waals surface area contributed by atoms with Gasteiger partial charge in [-0.15, -0.1) is 0 Å². The Labute approximate surface area is 95.9 Å². The van der Waals surface area contributed by atoms with Crippen LogP contribution in [0.25, 0.3) is 0 Å². The van der Waals surface area contributed by atoms with Crippen molar-refractivity contribution < 1.29 is 9.53 Å². The van der Waals surface area contributed by atoms with Crippen LogP contribution in [0.3, 0.4) is 0 Å². The molecule has 0 spiro atoms. The molecule has 1 amide bonds. The maximum Gasteiger partial charge on any atom is 0.229 e. The third kappa shape index (κ3) is 4.44. The van der Waals surface area contributed by atoms with Crippen LogP contribution < -0.4 is 5.73 Å². The number of ether oxygens (including phenoxy) is 1. The maximum absolute atomic E-state index is 10.5. The molecule has 5 nitrogen and oxygen atoms in total. The van der Waals surface area contributed by atoms with Crippen molar-refractivity contribution in [1.82, 2.24) is 5.01 Å². The number of hydrogen-bond donors (Lipinski definition) is 1. The van der Waals surface area contributed by atoms with Crippen molar-refractivity contribution in [1.29, 1.82) is 0 Å². The van der Waals surface area contributed by atoms with Crippen LogP contribution >= 0.6 is 0 Å². The largest absolute Gasteiger partial charge is 0.402 e. The fourth-order valence-corrected chi connectivity index (χ4v) is 1.33. The van der Waals surface area contributed by atoms with Crippen LogP contribution in [0, 0.1) is 0 Å². The summed E-state index contributed by atoms with van der Waals surface area (Å²) >= 11 is 0. The molecule has 1 rings (SSSR count). The Morgan fingerprint density at radius 2 is 2.31 bits per heavy atom. The van der Waals surface area contributed by atoms with Crippen molar-refractivity contribution >= 4 is 12.1 Å². The van der Waals surface area contributed by atoms with E-state index in [1.807, 2.05) is 0 Å². The smallest absolute Gasteiger partial charge is 0.229 e. The first-order chi connectivity index (χ1) is 7.61. The molecule has 0 aromatic rings. The lowest BCUT2D eigenvalue weighted by Crippen LogP contribution is -2.25. The van der Waals surface area contributed by atoms with E-state index < -0.39 is 0 Å². The van der Waals surface area contributed by atoms with Gasteiger partial charge in [0.25, 0.3) is 0 Å². The van der Waals surface area contributed by atoms with Gasteiger partial charge in [-0.25, -0.2) is 5.01 Å². The molecule has 0 aliphatic heterocycles. The number of nitrogens with two attached hydrogens (primary N) is 1. The summed E-state index contributed by atoms with van der Waals surface area (Å²) in [4.78, 5) is 10.5. The first-order valence-electron chi connectivity index (χ1n) is 5.43. The van der Waals surface area contributed by atoms with Crippen molar-refractivity contribution in [3.63, 3.8) is 0 Å². The van der Waals surface area contributed by atoms with Crippen LogP contribution in [0.5, 0.6) is 0 Å². The second-order valence-electron chi connectivity index (χ2n) is 4.02. The Morgan fingerprint density at radius 1 is 1.62 bits per heavy atom. The number of amides is 1. The molecule has 0 heterocycles. The molecule has 1 fully saturated rings. The van der Waals surface area contributed by atoms with Crippen LogP contribution in [0.1, 0.15) is 26.2 Å². The standard InChI is InChI=1S/C11H19N3O2/c1-9(12)6-10(13-14(2)8-15)7-16-11-4-3-5-11/h6,8,11H,3-5,7,12H2,1-2H3/b9-6+,13-10+. The van der Waals surface area contributed by atoms with Gasteiger partial charge in [-0.05, 0) is 32.3 Å². The summed E-state index contributed by atoms with van der Waals surface area (Å²) in [5, 5.41) is 5.27. The molecular formula is C11H19N3O2. The molecule has 1 aliphatic carbocycles. The van der Waals surface area contributed by atoms with E-state index in [0.717, 1.165) is 12.8 Å². The molecule has 0 unspecified atom stereocenters.